The Hall–Kier alpha value is -6.09. The second kappa shape index (κ2) is 43.8. The lowest BCUT2D eigenvalue weighted by molar-refractivity contribution is -0.117. The van der Waals surface area contributed by atoms with Crippen LogP contribution < -0.4 is 9.47 Å². The van der Waals surface area contributed by atoms with Gasteiger partial charge in [-0.15, -0.1) is 0 Å². The molecule has 1 aliphatic heterocycles. The van der Waals surface area contributed by atoms with Crippen molar-refractivity contribution < 1.29 is 43.0 Å². The van der Waals surface area contributed by atoms with Gasteiger partial charge < -0.3 is 33.4 Å². The van der Waals surface area contributed by atoms with Crippen LogP contribution in [0.5, 0.6) is 11.5 Å². The normalized spacial score (nSPS) is 24.7. The van der Waals surface area contributed by atoms with Crippen LogP contribution in [0, 0.1) is 64.1 Å². The molecule has 10 atom stereocenters. The molecule has 0 spiro atoms. The van der Waals surface area contributed by atoms with E-state index >= 15 is 0 Å². The van der Waals surface area contributed by atoms with Gasteiger partial charge in [0.15, 0.2) is 11.5 Å². The number of carbonyl (C=O) groups is 7. The van der Waals surface area contributed by atoms with Gasteiger partial charge in [-0.3, -0.25) is 9.59 Å². The molecule has 4 bridgehead atoms. The number of aldehydes is 7. The zero-order chi connectivity index (χ0) is 81.1. The molecule has 0 aromatic heterocycles. The summed E-state index contributed by atoms with van der Waals surface area (Å²) in [6.45, 7) is 49.9. The first kappa shape index (κ1) is 93.5. The largest absolute Gasteiger partial charge is 0.454 e. The lowest BCUT2D eigenvalue weighted by atomic mass is 9.58. The van der Waals surface area contributed by atoms with Crippen molar-refractivity contribution in [3.8, 4) is 11.5 Å². The van der Waals surface area contributed by atoms with E-state index in [0.29, 0.717) is 72.4 Å². The van der Waals surface area contributed by atoms with Crippen molar-refractivity contribution in [1.82, 2.24) is 0 Å². The van der Waals surface area contributed by atoms with E-state index in [-0.39, 0.29) is 27.6 Å². The Bertz CT molecular complexity index is 3540. The standard InChI is InChI=1S/C17H24O.C16H22O.C15H24O.C15H26O.C13H20O.C13H24O.C11H12O3/c1-6-12-9-14-15(10-13(12)11-18)17(4,5)8-7-16(14,2)3;1-11-9-15(2,3)13-7-6-12(10-17)8-14(13)16(11,4)5;1-14(2)7-4-8-15(3)11-6-5-10(13(11)14)12(15)9-16;1-13(2)7-5-8-14(3)9-6-10-15(4)11-12-16;14-10-11-7-8-12-5-3-1-2-4-6-13(12)9-11;1-5-13(9-10-14)12(4)8-6-7-11(2)3;1-8(4-5-12)9-2-3-10-11(6-9)14-7-13-10/h9-11H,6-8H2,1-5H3;6-8,10-11H,9H2,1-5H3;9-13H,4-8H2,1-3H3;7,9,12,15H,5-6,8,10-11H2,1-4H3;10-11H,1-9H2;8,10-11,13H,5-7,9H2,1-4H3;2-3,5-6,8H,4,7H2,1H3/b;;;14-9+;;12-8+;. The van der Waals surface area contributed by atoms with Crippen molar-refractivity contribution in [3.63, 3.8) is 0 Å². The van der Waals surface area contributed by atoms with Gasteiger partial charge in [0, 0.05) is 42.2 Å². The molecular formula is C100H152O9. The summed E-state index contributed by atoms with van der Waals surface area (Å²) in [4.78, 5) is 75.5. The molecule has 0 N–H and O–H groups in total. The molecule has 9 heteroatoms. The first-order chi connectivity index (χ1) is 51.5. The predicted molar refractivity (Wildman–Crippen MR) is 457 cm³/mol. The van der Waals surface area contributed by atoms with Crippen LogP contribution in [-0.4, -0.2) is 50.8 Å². The summed E-state index contributed by atoms with van der Waals surface area (Å²) < 4.78 is 10.5. The van der Waals surface area contributed by atoms with Gasteiger partial charge in [-0.1, -0.05) is 214 Å². The van der Waals surface area contributed by atoms with Crippen LogP contribution in [0.25, 0.3) is 0 Å². The summed E-state index contributed by atoms with van der Waals surface area (Å²) in [5, 5.41) is 0. The third-order valence-corrected chi connectivity index (χ3v) is 27.2. The third kappa shape index (κ3) is 26.5. The number of aryl methyl sites for hydroxylation is 1. The number of rotatable bonds is 23. The fourth-order valence-corrected chi connectivity index (χ4v) is 19.5. The first-order valence-corrected chi connectivity index (χ1v) is 43.0. The minimum Gasteiger partial charge on any atom is -0.454 e. The fraction of sp³-hybridized carbons (Fsp3) is 0.670. The molecule has 8 aliphatic rings. The smallest absolute Gasteiger partial charge is 0.231 e. The summed E-state index contributed by atoms with van der Waals surface area (Å²) in [5.74, 6) is 7.29. The van der Waals surface area contributed by atoms with Crippen LogP contribution in [0.3, 0.4) is 0 Å². The van der Waals surface area contributed by atoms with Crippen LogP contribution in [0.15, 0.2) is 94.6 Å². The van der Waals surface area contributed by atoms with Crippen LogP contribution >= 0.6 is 0 Å². The maximum Gasteiger partial charge on any atom is 0.231 e. The molecule has 10 unspecified atom stereocenters. The van der Waals surface area contributed by atoms with Gasteiger partial charge >= 0.3 is 0 Å². The molecule has 3 aromatic carbocycles. The van der Waals surface area contributed by atoms with Crippen LogP contribution in [-0.2, 0) is 52.1 Å². The van der Waals surface area contributed by atoms with Crippen molar-refractivity contribution in [2.24, 2.45) is 64.1 Å². The number of fused-ring (bicyclic) bond motifs is 3. The topological polar surface area (TPSA) is 138 Å². The summed E-state index contributed by atoms with van der Waals surface area (Å²) in [6, 6.07) is 16.4. The Morgan fingerprint density at radius 3 is 1.81 bits per heavy atom. The molecule has 109 heavy (non-hydrogen) atoms. The average Bonchev–Trinajstić information content (AvgIpc) is 1.40. The Labute approximate surface area is 664 Å². The Morgan fingerprint density at radius 2 is 1.21 bits per heavy atom. The maximum atomic E-state index is 11.5. The van der Waals surface area contributed by atoms with Gasteiger partial charge in [0.25, 0.3) is 0 Å². The summed E-state index contributed by atoms with van der Waals surface area (Å²) in [6.07, 6.45) is 47.0. The SMILES string of the molecule is CC(C)=CCC/C(C)=C/CCC(C)CC=O.CC(CC=O)c1ccc2c(c1)OCO2.CC1(C)CCCC2(C)C(C=O)C3CCC2C31.CC1CC(C)(C)c2ccc(C=O)cc2C1(C)C.CCC(CC=O)/C(C)=C/CCC(C)C.CCc1cc2c(cc1C=O)C(C)(C)CCC2(C)C.O=CC1CCC2=C(CCCCCC2)C1. The molecular weight excluding hydrogens is 1350 g/mol. The molecule has 1 heterocycles. The van der Waals surface area contributed by atoms with E-state index in [1.54, 1.807) is 11.1 Å². The van der Waals surface area contributed by atoms with E-state index in [0.717, 1.165) is 135 Å². The van der Waals surface area contributed by atoms with E-state index in [1.807, 2.05) is 31.2 Å². The Kier molecular flexibility index (Phi) is 37.6. The van der Waals surface area contributed by atoms with Crippen LogP contribution in [0.1, 0.15) is 386 Å². The zero-order valence-electron chi connectivity index (χ0n) is 72.8. The highest BCUT2D eigenvalue weighted by Crippen LogP contribution is 2.70. The van der Waals surface area contributed by atoms with E-state index in [2.05, 4.69) is 188 Å². The highest BCUT2D eigenvalue weighted by Gasteiger charge is 2.64. The number of benzene rings is 3. The zero-order valence-corrected chi connectivity index (χ0v) is 72.8. The molecule has 3 saturated carbocycles. The lowest BCUT2D eigenvalue weighted by Gasteiger charge is -2.46. The van der Waals surface area contributed by atoms with Gasteiger partial charge in [-0.25, -0.2) is 0 Å². The monoisotopic (exact) mass is 1500 g/mol. The van der Waals surface area contributed by atoms with Crippen LogP contribution in [0.4, 0.5) is 0 Å². The highest BCUT2D eigenvalue weighted by atomic mass is 16.7. The minimum absolute atomic E-state index is 0.157. The molecule has 606 valence electrons. The van der Waals surface area contributed by atoms with E-state index < -0.39 is 0 Å². The third-order valence-electron chi connectivity index (χ3n) is 27.2. The van der Waals surface area contributed by atoms with Crippen molar-refractivity contribution in [1.29, 1.82) is 0 Å². The highest BCUT2D eigenvalue weighted by molar-refractivity contribution is 5.79. The molecule has 0 amide bonds. The maximum absolute atomic E-state index is 11.5. The minimum atomic E-state index is 0.157. The number of carbonyl (C=O) groups excluding carboxylic acids is 7. The quantitative estimate of drug-likeness (QED) is 0.0671. The van der Waals surface area contributed by atoms with E-state index in [1.165, 1.54) is 160 Å². The molecule has 7 aliphatic carbocycles. The van der Waals surface area contributed by atoms with Crippen molar-refractivity contribution >= 4 is 44.0 Å². The van der Waals surface area contributed by atoms with Crippen molar-refractivity contribution in [2.75, 3.05) is 6.79 Å². The summed E-state index contributed by atoms with van der Waals surface area (Å²) >= 11 is 0. The predicted octanol–water partition coefficient (Wildman–Crippen LogP) is 26.6. The van der Waals surface area contributed by atoms with E-state index in [9.17, 15) is 33.6 Å². The fourth-order valence-electron chi connectivity index (χ4n) is 19.5. The number of hydrogen-bond donors (Lipinski definition) is 0. The molecule has 3 fully saturated rings. The molecule has 11 rings (SSSR count). The molecule has 0 saturated heterocycles. The lowest BCUT2D eigenvalue weighted by Crippen LogP contribution is -2.40. The molecule has 3 aromatic rings. The number of allylic oxidation sites excluding steroid dienone is 8. The summed E-state index contributed by atoms with van der Waals surface area (Å²) in [5.41, 5.74) is 18.8. The first-order valence-electron chi connectivity index (χ1n) is 43.0. The second-order valence-electron chi connectivity index (χ2n) is 38.4. The van der Waals surface area contributed by atoms with Crippen molar-refractivity contribution in [2.45, 2.75) is 360 Å². The Balaban J connectivity index is 0.000000228. The van der Waals surface area contributed by atoms with Gasteiger partial charge in [0.05, 0.1) is 0 Å². The molecule has 9 nitrogen and oxygen atoms in total. The van der Waals surface area contributed by atoms with Gasteiger partial charge in [0.2, 0.25) is 6.79 Å². The van der Waals surface area contributed by atoms with Crippen molar-refractivity contribution in [3.05, 3.63) is 139 Å². The Morgan fingerprint density at radius 1 is 0.569 bits per heavy atom. The number of ether oxygens (including phenoxy) is 2. The average molecular weight is 1500 g/mol. The van der Waals surface area contributed by atoms with Gasteiger partial charge in [-0.2, -0.15) is 0 Å². The number of hydrogen-bond acceptors (Lipinski definition) is 9. The van der Waals surface area contributed by atoms with E-state index in [4.69, 9.17) is 9.47 Å². The van der Waals surface area contributed by atoms with Gasteiger partial charge in [0.1, 0.15) is 44.0 Å². The summed E-state index contributed by atoms with van der Waals surface area (Å²) in [7, 11) is 0. The second-order valence-corrected chi connectivity index (χ2v) is 38.4. The van der Waals surface area contributed by atoms with Gasteiger partial charge in [-0.05, 0) is 306 Å². The van der Waals surface area contributed by atoms with Crippen LogP contribution in [0.2, 0.25) is 0 Å². The molecule has 0 radical (unpaired) electrons.